The number of aryl methyl sites for hydroxylation is 1. The van der Waals surface area contributed by atoms with Gasteiger partial charge in [-0.25, -0.2) is 8.96 Å². The Morgan fingerprint density at radius 3 is 2.63 bits per heavy atom. The van der Waals surface area contributed by atoms with Gasteiger partial charge < -0.3 is 5.21 Å². The lowest BCUT2D eigenvalue weighted by Crippen LogP contribution is -2.46. The Balaban J connectivity index is 2.52. The number of nitrogens with one attached hydrogen (secondary N) is 1. The first kappa shape index (κ1) is 13.5. The molecule has 0 fully saturated rings. The lowest BCUT2D eigenvalue weighted by atomic mass is 10.2. The number of benzene rings is 1. The predicted molar refractivity (Wildman–Crippen MR) is 69.8 cm³/mol. The molecule has 1 heterocycles. The van der Waals surface area contributed by atoms with Crippen LogP contribution in [0.1, 0.15) is 26.7 Å². The second kappa shape index (κ2) is 5.34. The number of nitrogens with zero attached hydrogens (tertiary/aromatic N) is 3. The van der Waals surface area contributed by atoms with E-state index >= 15 is 0 Å². The average Bonchev–Trinajstić information content (AvgIpc) is 2.41. The van der Waals surface area contributed by atoms with Gasteiger partial charge in [-0.1, -0.05) is 13.8 Å². The summed E-state index contributed by atoms with van der Waals surface area (Å²) in [6.45, 7) is 4.14. The molecule has 0 bridgehead atoms. The van der Waals surface area contributed by atoms with E-state index in [-0.39, 0.29) is 11.6 Å². The van der Waals surface area contributed by atoms with Gasteiger partial charge in [0.05, 0.1) is 19.2 Å². The van der Waals surface area contributed by atoms with Crippen molar-refractivity contribution in [3.05, 3.63) is 29.2 Å². The Morgan fingerprint density at radius 2 is 2.00 bits per heavy atom. The molecular formula is C13H18FN4O+. The Bertz CT molecular complexity index is 599. The van der Waals surface area contributed by atoms with Gasteiger partial charge in [0.15, 0.2) is 5.52 Å². The minimum Gasteiger partial charge on any atom is -0.582 e. The molecule has 19 heavy (non-hydrogen) atoms. The minimum absolute atomic E-state index is 0.220. The third kappa shape index (κ3) is 2.57. The van der Waals surface area contributed by atoms with Crippen LogP contribution in [-0.2, 0) is 7.05 Å². The fourth-order valence-corrected chi connectivity index (χ4v) is 2.06. The summed E-state index contributed by atoms with van der Waals surface area (Å²) in [4.78, 5) is 0.461. The van der Waals surface area contributed by atoms with Crippen LogP contribution in [-0.4, -0.2) is 11.1 Å². The molecule has 0 amide bonds. The van der Waals surface area contributed by atoms with E-state index in [2.05, 4.69) is 24.3 Å². The topological polar surface area (TPSA) is 55.7 Å². The fraction of sp³-hybridized carbons (Fsp3) is 0.462. The van der Waals surface area contributed by atoms with Crippen LogP contribution >= 0.6 is 0 Å². The van der Waals surface area contributed by atoms with Crippen molar-refractivity contribution >= 4 is 17.0 Å². The number of halogens is 1. The zero-order valence-electron chi connectivity index (χ0n) is 11.4. The SMILES string of the molecule is CCC(CC)Nc1n[n+]([O-])c2cc(F)ccc2[n+]1C. The molecule has 0 radical (unpaired) electrons. The van der Waals surface area contributed by atoms with Gasteiger partial charge in [-0.2, -0.15) is 0 Å². The lowest BCUT2D eigenvalue weighted by molar-refractivity contribution is -0.693. The quantitative estimate of drug-likeness (QED) is 0.672. The molecule has 2 aromatic rings. The number of rotatable bonds is 4. The van der Waals surface area contributed by atoms with Crippen LogP contribution in [0.5, 0.6) is 0 Å². The molecular weight excluding hydrogens is 247 g/mol. The molecule has 6 heteroatoms. The normalized spacial score (nSPS) is 11.2. The van der Waals surface area contributed by atoms with Crippen LogP contribution in [0.4, 0.5) is 10.3 Å². The largest absolute Gasteiger partial charge is 0.582 e. The highest BCUT2D eigenvalue weighted by molar-refractivity contribution is 5.67. The standard InChI is InChI=1S/C13H17FN4O/c1-4-10(5-2)15-13-16-18(19)12-8-9(14)6-7-11(12)17(13)3/h6-8,10H,4-5H2,1-3H3/p+1. The summed E-state index contributed by atoms with van der Waals surface area (Å²) in [6.07, 6.45) is 1.89. The molecule has 0 atom stereocenters. The van der Waals surface area contributed by atoms with E-state index in [9.17, 15) is 9.60 Å². The second-order valence-electron chi connectivity index (χ2n) is 4.55. The van der Waals surface area contributed by atoms with Crippen molar-refractivity contribution in [2.24, 2.45) is 7.05 Å². The molecule has 1 N–H and O–H groups in total. The number of hydrogen-bond acceptors (Lipinski definition) is 3. The Kier molecular flexibility index (Phi) is 3.78. The highest BCUT2D eigenvalue weighted by Gasteiger charge is 2.23. The van der Waals surface area contributed by atoms with Crippen molar-refractivity contribution in [3.8, 4) is 0 Å². The van der Waals surface area contributed by atoms with Gasteiger partial charge in [-0.05, 0) is 25.0 Å². The summed E-state index contributed by atoms with van der Waals surface area (Å²) >= 11 is 0. The van der Waals surface area contributed by atoms with E-state index in [1.54, 1.807) is 17.7 Å². The van der Waals surface area contributed by atoms with Crippen LogP contribution < -0.4 is 14.7 Å². The minimum atomic E-state index is -0.445. The molecule has 0 spiro atoms. The van der Waals surface area contributed by atoms with Gasteiger partial charge in [-0.15, -0.1) is 0 Å². The Morgan fingerprint density at radius 1 is 1.32 bits per heavy atom. The second-order valence-corrected chi connectivity index (χ2v) is 4.55. The van der Waals surface area contributed by atoms with Crippen LogP contribution in [0.3, 0.4) is 0 Å². The maximum atomic E-state index is 13.2. The first-order valence-corrected chi connectivity index (χ1v) is 6.42. The first-order chi connectivity index (χ1) is 9.06. The van der Waals surface area contributed by atoms with Crippen molar-refractivity contribution in [1.82, 2.24) is 5.10 Å². The molecule has 0 saturated carbocycles. The molecule has 2 rings (SSSR count). The maximum Gasteiger partial charge on any atom is 0.460 e. The third-order valence-electron chi connectivity index (χ3n) is 3.33. The number of hydrogen-bond donors (Lipinski definition) is 1. The molecule has 0 aliphatic rings. The lowest BCUT2D eigenvalue weighted by Gasteiger charge is -2.10. The highest BCUT2D eigenvalue weighted by Crippen LogP contribution is 2.10. The van der Waals surface area contributed by atoms with Gasteiger partial charge in [-0.3, -0.25) is 5.32 Å². The van der Waals surface area contributed by atoms with E-state index in [4.69, 9.17) is 0 Å². The summed E-state index contributed by atoms with van der Waals surface area (Å²) in [5, 5.41) is 19.0. The van der Waals surface area contributed by atoms with Gasteiger partial charge in [0, 0.05) is 4.85 Å². The smallest absolute Gasteiger partial charge is 0.460 e. The summed E-state index contributed by atoms with van der Waals surface area (Å²) in [7, 11) is 1.80. The summed E-state index contributed by atoms with van der Waals surface area (Å²) < 4.78 is 14.9. The van der Waals surface area contributed by atoms with Crippen LogP contribution in [0.15, 0.2) is 18.2 Å². The molecule has 1 aromatic carbocycles. The van der Waals surface area contributed by atoms with Crippen LogP contribution in [0, 0.1) is 11.0 Å². The molecule has 102 valence electrons. The predicted octanol–water partition coefficient (Wildman–Crippen LogP) is 1.43. The van der Waals surface area contributed by atoms with Crippen LogP contribution in [0.25, 0.3) is 11.0 Å². The average molecular weight is 265 g/mol. The maximum absolute atomic E-state index is 13.2. The zero-order valence-corrected chi connectivity index (χ0v) is 11.4. The molecule has 0 unspecified atom stereocenters. The van der Waals surface area contributed by atoms with Crippen molar-refractivity contribution < 1.29 is 13.8 Å². The number of fused-ring (bicyclic) bond motifs is 1. The van der Waals surface area contributed by atoms with Gasteiger partial charge >= 0.3 is 11.5 Å². The summed E-state index contributed by atoms with van der Waals surface area (Å²) in [6, 6.07) is 4.37. The van der Waals surface area contributed by atoms with Gasteiger partial charge in [0.2, 0.25) is 5.10 Å². The van der Waals surface area contributed by atoms with Crippen molar-refractivity contribution in [2.75, 3.05) is 5.32 Å². The van der Waals surface area contributed by atoms with E-state index in [0.717, 1.165) is 12.8 Å². The molecule has 0 aliphatic carbocycles. The number of aromatic nitrogens is 3. The highest BCUT2D eigenvalue weighted by atomic mass is 19.1. The third-order valence-corrected chi connectivity index (χ3v) is 3.33. The molecule has 0 aliphatic heterocycles. The zero-order chi connectivity index (χ0) is 14.0. The van der Waals surface area contributed by atoms with E-state index < -0.39 is 5.82 Å². The van der Waals surface area contributed by atoms with Crippen molar-refractivity contribution in [2.45, 2.75) is 32.7 Å². The van der Waals surface area contributed by atoms with Crippen LogP contribution in [0.2, 0.25) is 0 Å². The monoisotopic (exact) mass is 265 g/mol. The van der Waals surface area contributed by atoms with E-state index in [1.807, 2.05) is 0 Å². The summed E-state index contributed by atoms with van der Waals surface area (Å²) in [5.74, 6) is 0.0439. The fourth-order valence-electron chi connectivity index (χ4n) is 2.06. The van der Waals surface area contributed by atoms with Crippen molar-refractivity contribution in [1.29, 1.82) is 0 Å². The Hall–Kier alpha value is -1.98. The first-order valence-electron chi connectivity index (χ1n) is 6.42. The Labute approximate surface area is 111 Å². The van der Waals surface area contributed by atoms with E-state index in [1.165, 1.54) is 12.1 Å². The number of anilines is 1. The van der Waals surface area contributed by atoms with E-state index in [0.29, 0.717) is 16.3 Å². The molecule has 1 aromatic heterocycles. The van der Waals surface area contributed by atoms with Crippen molar-refractivity contribution in [3.63, 3.8) is 0 Å². The van der Waals surface area contributed by atoms with Gasteiger partial charge in [0.25, 0.3) is 0 Å². The molecule has 0 saturated heterocycles. The summed E-state index contributed by atoms with van der Waals surface area (Å²) in [5.41, 5.74) is 0.859. The molecule has 5 nitrogen and oxygen atoms in total. The van der Waals surface area contributed by atoms with Gasteiger partial charge in [0.1, 0.15) is 5.82 Å².